The summed E-state index contributed by atoms with van der Waals surface area (Å²) >= 11 is 0. The summed E-state index contributed by atoms with van der Waals surface area (Å²) in [6.45, 7) is 1.81. The molecule has 4 rings (SSSR count). The summed E-state index contributed by atoms with van der Waals surface area (Å²) < 4.78 is 14.4. The molecule has 0 radical (unpaired) electrons. The Hall–Kier alpha value is -3.94. The summed E-state index contributed by atoms with van der Waals surface area (Å²) in [5, 5.41) is 5.42. The first-order valence-electron chi connectivity index (χ1n) is 8.90. The van der Waals surface area contributed by atoms with E-state index in [0.29, 0.717) is 11.4 Å². The first-order chi connectivity index (χ1) is 13.9. The summed E-state index contributed by atoms with van der Waals surface area (Å²) in [6, 6.07) is 14.0. The average molecular weight is 392 g/mol. The number of hydrogen-bond acceptors (Lipinski definition) is 3. The third-order valence-electron chi connectivity index (χ3n) is 4.64. The maximum atomic E-state index is 13.1. The fraction of sp³-hybridized carbons (Fsp3) is 0.0952. The van der Waals surface area contributed by atoms with Gasteiger partial charge < -0.3 is 5.32 Å². The Bertz CT molecular complexity index is 1180. The van der Waals surface area contributed by atoms with Gasteiger partial charge >= 0.3 is 6.03 Å². The number of imide groups is 1. The Balaban J connectivity index is 1.65. The van der Waals surface area contributed by atoms with E-state index in [1.165, 1.54) is 35.0 Å². The zero-order chi connectivity index (χ0) is 20.5. The summed E-state index contributed by atoms with van der Waals surface area (Å²) in [4.78, 5) is 38.8. The average Bonchev–Trinajstić information content (AvgIpc) is 3.14. The number of carbonyl (C=O) groups is 2. The van der Waals surface area contributed by atoms with E-state index < -0.39 is 23.3 Å². The molecule has 1 saturated heterocycles. The van der Waals surface area contributed by atoms with Crippen molar-refractivity contribution in [3.63, 3.8) is 0 Å². The second-order valence-corrected chi connectivity index (χ2v) is 6.63. The number of nitrogens with zero attached hydrogens (tertiary/aromatic N) is 2. The lowest BCUT2D eigenvalue weighted by atomic mass is 10.2. The summed E-state index contributed by atoms with van der Waals surface area (Å²) in [5.74, 6) is -0.919. The van der Waals surface area contributed by atoms with E-state index >= 15 is 0 Å². The number of aromatic nitrogens is 2. The van der Waals surface area contributed by atoms with Crippen molar-refractivity contribution < 1.29 is 14.0 Å². The summed E-state index contributed by atoms with van der Waals surface area (Å²) in [5.41, 5.74) is 1.63. The molecule has 8 heteroatoms. The highest BCUT2D eigenvalue weighted by atomic mass is 19.1. The van der Waals surface area contributed by atoms with Gasteiger partial charge in [0.1, 0.15) is 11.5 Å². The monoisotopic (exact) mass is 392 g/mol. The van der Waals surface area contributed by atoms with Gasteiger partial charge in [-0.2, -0.15) is 0 Å². The largest absolute Gasteiger partial charge is 0.329 e. The number of aryl methyl sites for hydroxylation is 1. The molecule has 1 aliphatic rings. The van der Waals surface area contributed by atoms with E-state index in [4.69, 9.17) is 0 Å². The van der Waals surface area contributed by atoms with E-state index in [-0.39, 0.29) is 17.8 Å². The number of hydrogen-bond donors (Lipinski definition) is 2. The molecule has 3 aromatic rings. The van der Waals surface area contributed by atoms with Gasteiger partial charge in [-0.05, 0) is 42.8 Å². The molecular weight excluding hydrogens is 375 g/mol. The number of benzene rings is 2. The molecule has 2 heterocycles. The molecule has 0 atom stereocenters. The van der Waals surface area contributed by atoms with Gasteiger partial charge in [0.2, 0.25) is 0 Å². The molecule has 0 aliphatic carbocycles. The maximum Gasteiger partial charge on any atom is 0.329 e. The van der Waals surface area contributed by atoms with E-state index in [1.54, 1.807) is 6.92 Å². The predicted molar refractivity (Wildman–Crippen MR) is 105 cm³/mol. The normalized spacial score (nSPS) is 15.2. The maximum absolute atomic E-state index is 13.1. The molecule has 29 heavy (non-hydrogen) atoms. The lowest BCUT2D eigenvalue weighted by Crippen LogP contribution is -2.30. The molecule has 2 aromatic carbocycles. The second kappa shape index (κ2) is 7.23. The van der Waals surface area contributed by atoms with Crippen LogP contribution in [0.2, 0.25) is 0 Å². The Morgan fingerprint density at radius 3 is 2.38 bits per heavy atom. The van der Waals surface area contributed by atoms with Crippen LogP contribution in [0.3, 0.4) is 0 Å². The number of aromatic amines is 1. The number of halogens is 1. The van der Waals surface area contributed by atoms with Gasteiger partial charge in [-0.1, -0.05) is 30.3 Å². The van der Waals surface area contributed by atoms with E-state index in [9.17, 15) is 18.8 Å². The second-order valence-electron chi connectivity index (χ2n) is 6.63. The minimum Gasteiger partial charge on any atom is -0.303 e. The number of rotatable bonds is 4. The molecule has 1 aliphatic heterocycles. The molecule has 146 valence electrons. The van der Waals surface area contributed by atoms with Gasteiger partial charge in [0.15, 0.2) is 0 Å². The third-order valence-corrected chi connectivity index (χ3v) is 4.64. The van der Waals surface area contributed by atoms with Crippen molar-refractivity contribution in [1.82, 2.24) is 20.0 Å². The first kappa shape index (κ1) is 18.4. The minimum absolute atomic E-state index is 0.0244. The van der Waals surface area contributed by atoms with Crippen molar-refractivity contribution in [1.29, 1.82) is 0 Å². The van der Waals surface area contributed by atoms with Crippen LogP contribution in [0.5, 0.6) is 0 Å². The van der Waals surface area contributed by atoms with Crippen LogP contribution in [0.15, 0.2) is 65.1 Å². The highest BCUT2D eigenvalue weighted by molar-refractivity contribution is 6.13. The molecular formula is C21H17FN4O3. The third kappa shape index (κ3) is 3.47. The molecule has 0 unspecified atom stereocenters. The van der Waals surface area contributed by atoms with Crippen molar-refractivity contribution in [3.05, 3.63) is 93.3 Å². The number of nitrogens with one attached hydrogen (secondary N) is 2. The molecule has 1 fully saturated rings. The summed E-state index contributed by atoms with van der Waals surface area (Å²) in [7, 11) is 0. The van der Waals surface area contributed by atoms with Crippen LogP contribution in [0.1, 0.15) is 16.8 Å². The Morgan fingerprint density at radius 2 is 1.69 bits per heavy atom. The number of carbonyl (C=O) groups excluding carboxylic acids is 2. The van der Waals surface area contributed by atoms with Crippen molar-refractivity contribution >= 4 is 18.0 Å². The Kier molecular flexibility index (Phi) is 4.59. The lowest BCUT2D eigenvalue weighted by Gasteiger charge is -2.11. The van der Waals surface area contributed by atoms with Crippen LogP contribution < -0.4 is 10.9 Å². The van der Waals surface area contributed by atoms with E-state index in [1.807, 2.05) is 30.3 Å². The van der Waals surface area contributed by atoms with Crippen molar-refractivity contribution in [2.75, 3.05) is 0 Å². The van der Waals surface area contributed by atoms with Gasteiger partial charge in [0.25, 0.3) is 11.5 Å². The van der Waals surface area contributed by atoms with E-state index in [2.05, 4.69) is 10.4 Å². The molecule has 2 N–H and O–H groups in total. The quantitative estimate of drug-likeness (QED) is 0.529. The minimum atomic E-state index is -0.544. The fourth-order valence-corrected chi connectivity index (χ4v) is 3.13. The molecule has 3 amide bonds. The Labute approximate surface area is 165 Å². The highest BCUT2D eigenvalue weighted by Crippen LogP contribution is 2.17. The molecule has 7 nitrogen and oxygen atoms in total. The Morgan fingerprint density at radius 1 is 1.00 bits per heavy atom. The smallest absolute Gasteiger partial charge is 0.303 e. The van der Waals surface area contributed by atoms with Gasteiger partial charge in [-0.3, -0.25) is 19.6 Å². The van der Waals surface area contributed by atoms with Crippen LogP contribution in [0.25, 0.3) is 11.8 Å². The topological polar surface area (TPSA) is 87.2 Å². The first-order valence-corrected chi connectivity index (χ1v) is 8.90. The number of H-pyrrole nitrogens is 1. The fourth-order valence-electron chi connectivity index (χ4n) is 3.13. The van der Waals surface area contributed by atoms with Crippen LogP contribution in [-0.4, -0.2) is 26.6 Å². The van der Waals surface area contributed by atoms with Crippen LogP contribution in [0, 0.1) is 12.7 Å². The van der Waals surface area contributed by atoms with Gasteiger partial charge in [0, 0.05) is 5.69 Å². The highest BCUT2D eigenvalue weighted by Gasteiger charge is 2.34. The predicted octanol–water partition coefficient (Wildman–Crippen LogP) is 2.71. The SMILES string of the molecule is Cc1[nH]n(-c2ccc(F)cc2)c(=O)c1/C=C1\NC(=O)N(Cc2ccccc2)C1=O. The van der Waals surface area contributed by atoms with Crippen LogP contribution >= 0.6 is 0 Å². The molecule has 1 aromatic heterocycles. The molecule has 0 spiro atoms. The number of urea groups is 1. The van der Waals surface area contributed by atoms with Gasteiger partial charge in [-0.15, -0.1) is 0 Å². The molecule has 0 bridgehead atoms. The van der Waals surface area contributed by atoms with Crippen LogP contribution in [0.4, 0.5) is 9.18 Å². The number of amides is 3. The zero-order valence-electron chi connectivity index (χ0n) is 15.5. The lowest BCUT2D eigenvalue weighted by molar-refractivity contribution is -0.123. The van der Waals surface area contributed by atoms with Gasteiger partial charge in [-0.25, -0.2) is 13.9 Å². The van der Waals surface area contributed by atoms with Crippen molar-refractivity contribution in [2.24, 2.45) is 0 Å². The zero-order valence-corrected chi connectivity index (χ0v) is 15.5. The van der Waals surface area contributed by atoms with Gasteiger partial charge in [0.05, 0.1) is 17.8 Å². The molecule has 0 saturated carbocycles. The van der Waals surface area contributed by atoms with Crippen LogP contribution in [-0.2, 0) is 11.3 Å². The van der Waals surface area contributed by atoms with Crippen molar-refractivity contribution in [3.8, 4) is 5.69 Å². The summed E-state index contributed by atoms with van der Waals surface area (Å²) in [6.07, 6.45) is 1.36. The standard InChI is InChI=1S/C21H17FN4O3/c1-13-17(19(27)26(24-13)16-9-7-15(22)8-10-16)11-18-20(28)25(21(29)23-18)12-14-5-3-2-4-6-14/h2-11,24H,12H2,1H3,(H,23,29)/b18-11-. The van der Waals surface area contributed by atoms with Crippen molar-refractivity contribution in [2.45, 2.75) is 13.5 Å². The van der Waals surface area contributed by atoms with E-state index in [0.717, 1.165) is 10.5 Å².